The van der Waals surface area contributed by atoms with Crippen molar-refractivity contribution in [2.45, 2.75) is 13.3 Å². The van der Waals surface area contributed by atoms with Crippen molar-refractivity contribution in [3.05, 3.63) is 47.5 Å². The summed E-state index contributed by atoms with van der Waals surface area (Å²) in [5.41, 5.74) is 1.03. The Kier molecular flexibility index (Phi) is 4.81. The lowest BCUT2D eigenvalue weighted by Crippen LogP contribution is -2.24. The molecule has 0 saturated heterocycles. The average molecular weight is 214 g/mol. The van der Waals surface area contributed by atoms with Crippen LogP contribution in [0.4, 0.5) is 0 Å². The quantitative estimate of drug-likeness (QED) is 0.617. The maximum absolute atomic E-state index is 11.6. The summed E-state index contributed by atoms with van der Waals surface area (Å²) in [5.74, 6) is -0.137. The number of nitriles is 1. The number of carbonyl (C=O) groups is 1. The first-order chi connectivity index (χ1) is 7.77. The van der Waals surface area contributed by atoms with Crippen molar-refractivity contribution >= 4 is 5.91 Å². The summed E-state index contributed by atoms with van der Waals surface area (Å²) in [4.78, 5) is 11.6. The number of nitrogens with one attached hydrogen (secondary N) is 1. The molecule has 82 valence electrons. The molecule has 0 spiro atoms. The molecule has 0 aliphatic rings. The maximum Gasteiger partial charge on any atom is 0.251 e. The molecule has 0 saturated carbocycles. The molecule has 0 fully saturated rings. The van der Waals surface area contributed by atoms with Crippen LogP contribution in [0.3, 0.4) is 0 Å². The van der Waals surface area contributed by atoms with Crippen molar-refractivity contribution in [1.82, 2.24) is 5.32 Å². The maximum atomic E-state index is 11.6. The lowest BCUT2D eigenvalue weighted by Gasteiger charge is -2.03. The molecule has 0 radical (unpaired) electrons. The predicted molar refractivity (Wildman–Crippen MR) is 62.9 cm³/mol. The van der Waals surface area contributed by atoms with Crippen LogP contribution in [0, 0.1) is 11.3 Å². The van der Waals surface area contributed by atoms with Crippen molar-refractivity contribution in [3.8, 4) is 6.07 Å². The van der Waals surface area contributed by atoms with Gasteiger partial charge in [-0.2, -0.15) is 5.26 Å². The molecular weight excluding hydrogens is 200 g/mol. The van der Waals surface area contributed by atoms with Gasteiger partial charge in [0.25, 0.3) is 5.91 Å². The topological polar surface area (TPSA) is 52.9 Å². The van der Waals surface area contributed by atoms with Crippen LogP contribution in [0.15, 0.2) is 36.4 Å². The highest BCUT2D eigenvalue weighted by Crippen LogP contribution is 2.03. The Morgan fingerprint density at radius 2 is 2.38 bits per heavy atom. The summed E-state index contributed by atoms with van der Waals surface area (Å²) in [6, 6.07) is 8.68. The minimum atomic E-state index is -0.137. The van der Waals surface area contributed by atoms with Crippen molar-refractivity contribution in [1.29, 1.82) is 5.26 Å². The number of rotatable bonds is 4. The summed E-state index contributed by atoms with van der Waals surface area (Å²) in [5, 5.41) is 11.5. The second-order valence-electron chi connectivity index (χ2n) is 3.31. The van der Waals surface area contributed by atoms with E-state index in [1.165, 1.54) is 0 Å². The van der Waals surface area contributed by atoms with E-state index in [4.69, 9.17) is 5.26 Å². The first kappa shape index (κ1) is 12.0. The lowest BCUT2D eigenvalue weighted by atomic mass is 10.1. The average Bonchev–Trinajstić information content (AvgIpc) is 2.34. The van der Waals surface area contributed by atoms with Crippen LogP contribution in [-0.4, -0.2) is 12.5 Å². The number of amides is 1. The second-order valence-corrected chi connectivity index (χ2v) is 3.31. The smallest absolute Gasteiger partial charge is 0.251 e. The summed E-state index contributed by atoms with van der Waals surface area (Å²) in [6.07, 6.45) is 4.76. The van der Waals surface area contributed by atoms with Crippen LogP contribution in [-0.2, 0) is 0 Å². The Morgan fingerprint density at radius 1 is 1.56 bits per heavy atom. The van der Waals surface area contributed by atoms with Crippen LogP contribution in [0.1, 0.15) is 29.3 Å². The normalized spacial score (nSPS) is 10.0. The molecule has 3 heteroatoms. The molecule has 1 N–H and O–H groups in total. The van der Waals surface area contributed by atoms with Gasteiger partial charge in [-0.3, -0.25) is 4.79 Å². The summed E-state index contributed by atoms with van der Waals surface area (Å²) < 4.78 is 0. The molecule has 0 aliphatic carbocycles. The summed E-state index contributed by atoms with van der Waals surface area (Å²) in [6.45, 7) is 2.55. The highest BCUT2D eigenvalue weighted by atomic mass is 16.1. The fraction of sp³-hybridized carbons (Fsp3) is 0.231. The number of hydrogen-bond acceptors (Lipinski definition) is 2. The van der Waals surface area contributed by atoms with Crippen molar-refractivity contribution in [3.63, 3.8) is 0 Å². The largest absolute Gasteiger partial charge is 0.352 e. The zero-order chi connectivity index (χ0) is 11.8. The molecule has 0 unspecified atom stereocenters. The molecule has 1 aromatic carbocycles. The Hall–Kier alpha value is -2.08. The third-order valence-electron chi connectivity index (χ3n) is 2.09. The van der Waals surface area contributed by atoms with Gasteiger partial charge in [0.05, 0.1) is 11.6 Å². The molecule has 0 heterocycles. The Morgan fingerprint density at radius 3 is 3.06 bits per heavy atom. The van der Waals surface area contributed by atoms with Crippen LogP contribution in [0.2, 0.25) is 0 Å². The van der Waals surface area contributed by atoms with Gasteiger partial charge in [0.15, 0.2) is 0 Å². The van der Waals surface area contributed by atoms with Gasteiger partial charge in [0.1, 0.15) is 0 Å². The number of hydrogen-bond donors (Lipinski definition) is 1. The van der Waals surface area contributed by atoms with Gasteiger partial charge in [-0.05, 0) is 31.5 Å². The zero-order valence-electron chi connectivity index (χ0n) is 9.23. The number of carbonyl (C=O) groups excluding carboxylic acids is 1. The predicted octanol–water partition coefficient (Wildman–Crippen LogP) is 2.25. The highest BCUT2D eigenvalue weighted by molar-refractivity contribution is 5.94. The lowest BCUT2D eigenvalue weighted by molar-refractivity contribution is 0.0954. The van der Waals surface area contributed by atoms with Gasteiger partial charge in [0.2, 0.25) is 0 Å². The molecule has 1 aromatic rings. The highest BCUT2D eigenvalue weighted by Gasteiger charge is 2.04. The third-order valence-corrected chi connectivity index (χ3v) is 2.09. The SMILES string of the molecule is C/C=C/CCNC(=O)c1cccc(C#N)c1. The third kappa shape index (κ3) is 3.58. The van der Waals surface area contributed by atoms with Crippen LogP contribution < -0.4 is 5.32 Å². The minimum Gasteiger partial charge on any atom is -0.352 e. The Balaban J connectivity index is 2.56. The fourth-order valence-corrected chi connectivity index (χ4v) is 1.27. The van der Waals surface area contributed by atoms with Crippen molar-refractivity contribution < 1.29 is 4.79 Å². The molecule has 1 rings (SSSR count). The molecule has 0 aromatic heterocycles. The summed E-state index contributed by atoms with van der Waals surface area (Å²) in [7, 11) is 0. The van der Waals surface area contributed by atoms with E-state index in [0.717, 1.165) is 6.42 Å². The van der Waals surface area contributed by atoms with Crippen molar-refractivity contribution in [2.75, 3.05) is 6.54 Å². The number of benzene rings is 1. The van der Waals surface area contributed by atoms with E-state index in [1.807, 2.05) is 25.1 Å². The minimum absolute atomic E-state index is 0.137. The standard InChI is InChI=1S/C13H14N2O/c1-2-3-4-8-15-13(16)12-7-5-6-11(9-12)10-14/h2-3,5-7,9H,4,8H2,1H3,(H,15,16)/b3-2+. The van der Waals surface area contributed by atoms with Crippen molar-refractivity contribution in [2.24, 2.45) is 0 Å². The molecule has 0 aliphatic heterocycles. The van der Waals surface area contributed by atoms with E-state index < -0.39 is 0 Å². The van der Waals surface area contributed by atoms with Gasteiger partial charge in [0, 0.05) is 12.1 Å². The molecule has 0 bridgehead atoms. The van der Waals surface area contributed by atoms with E-state index in [2.05, 4.69) is 5.32 Å². The second kappa shape index (κ2) is 6.41. The van der Waals surface area contributed by atoms with E-state index >= 15 is 0 Å². The molecule has 1 amide bonds. The molecule has 16 heavy (non-hydrogen) atoms. The van der Waals surface area contributed by atoms with Gasteiger partial charge in [-0.15, -0.1) is 0 Å². The fourth-order valence-electron chi connectivity index (χ4n) is 1.27. The van der Waals surface area contributed by atoms with Gasteiger partial charge in [-0.25, -0.2) is 0 Å². The summed E-state index contributed by atoms with van der Waals surface area (Å²) >= 11 is 0. The van der Waals surface area contributed by atoms with Gasteiger partial charge >= 0.3 is 0 Å². The zero-order valence-corrected chi connectivity index (χ0v) is 9.23. The number of nitrogens with zero attached hydrogens (tertiary/aromatic N) is 1. The Labute approximate surface area is 95.4 Å². The van der Waals surface area contributed by atoms with E-state index in [1.54, 1.807) is 24.3 Å². The Bertz CT molecular complexity index is 430. The molecule has 0 atom stereocenters. The van der Waals surface area contributed by atoms with E-state index in [-0.39, 0.29) is 5.91 Å². The van der Waals surface area contributed by atoms with Crippen LogP contribution >= 0.6 is 0 Å². The number of allylic oxidation sites excluding steroid dienone is 1. The van der Waals surface area contributed by atoms with Crippen LogP contribution in [0.5, 0.6) is 0 Å². The van der Waals surface area contributed by atoms with E-state index in [0.29, 0.717) is 17.7 Å². The van der Waals surface area contributed by atoms with E-state index in [9.17, 15) is 4.79 Å². The monoisotopic (exact) mass is 214 g/mol. The first-order valence-electron chi connectivity index (χ1n) is 5.17. The van der Waals surface area contributed by atoms with Crippen LogP contribution in [0.25, 0.3) is 0 Å². The van der Waals surface area contributed by atoms with Gasteiger partial charge < -0.3 is 5.32 Å². The molecular formula is C13H14N2O. The molecule has 3 nitrogen and oxygen atoms in total. The van der Waals surface area contributed by atoms with Gasteiger partial charge in [-0.1, -0.05) is 18.2 Å². The first-order valence-corrected chi connectivity index (χ1v) is 5.17.